The lowest BCUT2D eigenvalue weighted by Crippen LogP contribution is -1.90. The molecule has 0 saturated carbocycles. The molecule has 1 aliphatic rings. The molecule has 2 nitrogen and oxygen atoms in total. The molecule has 0 N–H and O–H groups in total. The van der Waals surface area contributed by atoms with E-state index in [-0.39, 0.29) is 0 Å². The topological polar surface area (TPSA) is 18.5 Å². The zero-order valence-corrected chi connectivity index (χ0v) is 21.7. The van der Waals surface area contributed by atoms with Crippen LogP contribution < -0.4 is 9.47 Å². The Balaban J connectivity index is 1.51. The maximum atomic E-state index is 5.32. The first-order valence-corrected chi connectivity index (χ1v) is 13.7. The number of ether oxygens (including phenoxy) is 2. The number of methoxy groups -OCH3 is 2. The smallest absolute Gasteiger partial charge is 0.118 e. The summed E-state index contributed by atoms with van der Waals surface area (Å²) in [5, 5.41) is 0. The van der Waals surface area contributed by atoms with Crippen molar-refractivity contribution in [3.05, 3.63) is 81.5 Å². The number of rotatable bonds is 6. The van der Waals surface area contributed by atoms with Gasteiger partial charge in [0, 0.05) is 31.0 Å². The maximum Gasteiger partial charge on any atom is 0.118 e. The van der Waals surface area contributed by atoms with Crippen molar-refractivity contribution in [2.45, 2.75) is 13.8 Å². The SMILES string of the molecule is COc1ccc(-c2cc(C3=C(c4cc(-c5ccc(OC)cc5)sc4C)CSC3)c(C)s2)cc1. The van der Waals surface area contributed by atoms with Gasteiger partial charge in [0.1, 0.15) is 11.5 Å². The molecule has 5 rings (SSSR count). The zero-order chi connectivity index (χ0) is 22.9. The van der Waals surface area contributed by atoms with E-state index in [1.54, 1.807) is 14.2 Å². The summed E-state index contributed by atoms with van der Waals surface area (Å²) in [5.74, 6) is 3.93. The van der Waals surface area contributed by atoms with Gasteiger partial charge in [-0.15, -0.1) is 22.7 Å². The van der Waals surface area contributed by atoms with Crippen LogP contribution in [-0.2, 0) is 0 Å². The average molecular weight is 491 g/mol. The van der Waals surface area contributed by atoms with Crippen LogP contribution in [0.3, 0.4) is 0 Å². The molecular weight excluding hydrogens is 465 g/mol. The van der Waals surface area contributed by atoms with Crippen molar-refractivity contribution in [1.29, 1.82) is 0 Å². The van der Waals surface area contributed by atoms with Crippen LogP contribution >= 0.6 is 34.4 Å². The summed E-state index contributed by atoms with van der Waals surface area (Å²) >= 11 is 5.78. The molecule has 0 spiro atoms. The molecule has 0 fully saturated rings. The molecule has 33 heavy (non-hydrogen) atoms. The Hall–Kier alpha value is -2.47. The summed E-state index contributed by atoms with van der Waals surface area (Å²) in [5.41, 5.74) is 8.30. The Morgan fingerprint density at radius 1 is 0.606 bits per heavy atom. The quantitative estimate of drug-likeness (QED) is 0.270. The molecule has 0 aliphatic carbocycles. The van der Waals surface area contributed by atoms with Gasteiger partial charge in [-0.05, 0) is 108 Å². The Morgan fingerprint density at radius 3 is 1.36 bits per heavy atom. The number of thioether (sulfide) groups is 1. The fraction of sp³-hybridized carbons (Fsp3) is 0.214. The van der Waals surface area contributed by atoms with E-state index in [0.29, 0.717) is 0 Å². The Labute approximate surface area is 207 Å². The number of benzene rings is 2. The van der Waals surface area contributed by atoms with Crippen molar-refractivity contribution < 1.29 is 9.47 Å². The first-order valence-electron chi connectivity index (χ1n) is 10.9. The van der Waals surface area contributed by atoms with Gasteiger partial charge in [-0.3, -0.25) is 0 Å². The second-order valence-corrected chi connectivity index (χ2v) is 11.6. The first kappa shape index (κ1) is 22.3. The van der Waals surface area contributed by atoms with Crippen molar-refractivity contribution in [3.8, 4) is 32.4 Å². The molecule has 5 heteroatoms. The van der Waals surface area contributed by atoms with E-state index in [4.69, 9.17) is 9.47 Å². The molecule has 0 saturated heterocycles. The number of thiophene rings is 2. The second-order valence-electron chi connectivity index (χ2n) is 8.07. The standard InChI is InChI=1S/C28H26O2S3/c1-17-23(13-27(32-17)19-5-9-21(29-3)10-6-19)25-15-31-16-26(25)24-14-28(33-18(24)2)20-7-11-22(30-4)12-8-20/h5-14H,15-16H2,1-4H3. The second kappa shape index (κ2) is 9.41. The van der Waals surface area contributed by atoms with Crippen LogP contribution in [0.2, 0.25) is 0 Å². The summed E-state index contributed by atoms with van der Waals surface area (Å²) in [4.78, 5) is 5.41. The monoisotopic (exact) mass is 490 g/mol. The summed E-state index contributed by atoms with van der Waals surface area (Å²) in [6, 6.07) is 21.5. The van der Waals surface area contributed by atoms with E-state index in [9.17, 15) is 0 Å². The average Bonchev–Trinajstić information content (AvgIpc) is 3.57. The van der Waals surface area contributed by atoms with Crippen molar-refractivity contribution >= 4 is 45.6 Å². The predicted octanol–water partition coefficient (Wildman–Crippen LogP) is 8.44. The highest BCUT2D eigenvalue weighted by molar-refractivity contribution is 8.00. The normalized spacial score (nSPS) is 13.6. The molecule has 168 valence electrons. The maximum absolute atomic E-state index is 5.32. The molecule has 3 heterocycles. The van der Waals surface area contributed by atoms with Crippen LogP contribution in [0.5, 0.6) is 11.5 Å². The van der Waals surface area contributed by atoms with E-state index >= 15 is 0 Å². The van der Waals surface area contributed by atoms with Gasteiger partial charge in [-0.1, -0.05) is 0 Å². The molecular formula is C28H26O2S3. The molecule has 0 radical (unpaired) electrons. The molecule has 4 aromatic rings. The van der Waals surface area contributed by atoms with Gasteiger partial charge in [-0.2, -0.15) is 11.8 Å². The van der Waals surface area contributed by atoms with Crippen LogP contribution in [0.25, 0.3) is 32.0 Å². The zero-order valence-electron chi connectivity index (χ0n) is 19.2. The number of aryl methyl sites for hydroxylation is 2. The van der Waals surface area contributed by atoms with Crippen molar-refractivity contribution in [2.24, 2.45) is 0 Å². The lowest BCUT2D eigenvalue weighted by Gasteiger charge is -2.07. The van der Waals surface area contributed by atoms with Crippen LogP contribution in [-0.4, -0.2) is 25.7 Å². The predicted molar refractivity (Wildman–Crippen MR) is 146 cm³/mol. The van der Waals surface area contributed by atoms with Gasteiger partial charge in [0.15, 0.2) is 0 Å². The Kier molecular flexibility index (Phi) is 6.37. The summed E-state index contributed by atoms with van der Waals surface area (Å²) < 4.78 is 10.6. The lowest BCUT2D eigenvalue weighted by molar-refractivity contribution is 0.415. The Morgan fingerprint density at radius 2 is 1.00 bits per heavy atom. The largest absolute Gasteiger partial charge is 0.497 e. The minimum absolute atomic E-state index is 0.894. The van der Waals surface area contributed by atoms with Gasteiger partial charge >= 0.3 is 0 Å². The molecule has 2 aromatic carbocycles. The lowest BCUT2D eigenvalue weighted by atomic mass is 9.96. The highest BCUT2D eigenvalue weighted by Crippen LogP contribution is 2.46. The molecule has 2 aromatic heterocycles. The third-order valence-corrected chi connectivity index (χ3v) is 9.28. The first-order chi connectivity index (χ1) is 16.1. The van der Waals surface area contributed by atoms with E-state index in [1.165, 1.54) is 52.9 Å². The molecule has 1 aliphatic heterocycles. The fourth-order valence-corrected chi connectivity index (χ4v) is 7.54. The summed E-state index contributed by atoms with van der Waals surface area (Å²) in [6.45, 7) is 4.51. The third-order valence-electron chi connectivity index (χ3n) is 6.09. The minimum Gasteiger partial charge on any atom is -0.497 e. The minimum atomic E-state index is 0.894. The summed E-state index contributed by atoms with van der Waals surface area (Å²) in [6.07, 6.45) is 0. The van der Waals surface area contributed by atoms with Crippen LogP contribution in [0.4, 0.5) is 0 Å². The third kappa shape index (κ3) is 4.37. The van der Waals surface area contributed by atoms with E-state index in [0.717, 1.165) is 23.0 Å². The van der Waals surface area contributed by atoms with Crippen molar-refractivity contribution in [1.82, 2.24) is 0 Å². The van der Waals surface area contributed by atoms with E-state index < -0.39 is 0 Å². The summed E-state index contributed by atoms with van der Waals surface area (Å²) in [7, 11) is 3.42. The molecule has 0 bridgehead atoms. The van der Waals surface area contributed by atoms with E-state index in [1.807, 2.05) is 58.7 Å². The molecule has 0 unspecified atom stereocenters. The van der Waals surface area contributed by atoms with Crippen molar-refractivity contribution in [2.75, 3.05) is 25.7 Å². The number of hydrogen-bond donors (Lipinski definition) is 0. The highest BCUT2D eigenvalue weighted by atomic mass is 32.2. The Bertz CT molecular complexity index is 1210. The van der Waals surface area contributed by atoms with Gasteiger partial charge < -0.3 is 9.47 Å². The van der Waals surface area contributed by atoms with Crippen molar-refractivity contribution in [3.63, 3.8) is 0 Å². The molecule has 0 amide bonds. The van der Waals surface area contributed by atoms with E-state index in [2.05, 4.69) is 50.2 Å². The van der Waals surface area contributed by atoms with Gasteiger partial charge in [0.25, 0.3) is 0 Å². The molecule has 0 atom stereocenters. The highest BCUT2D eigenvalue weighted by Gasteiger charge is 2.24. The van der Waals surface area contributed by atoms with Crippen LogP contribution in [0.15, 0.2) is 60.7 Å². The van der Waals surface area contributed by atoms with Crippen LogP contribution in [0.1, 0.15) is 20.9 Å². The van der Waals surface area contributed by atoms with Gasteiger partial charge in [0.05, 0.1) is 14.2 Å². The number of hydrogen-bond acceptors (Lipinski definition) is 5. The van der Waals surface area contributed by atoms with Crippen LogP contribution in [0, 0.1) is 13.8 Å². The fourth-order valence-electron chi connectivity index (χ4n) is 4.27. The van der Waals surface area contributed by atoms with Gasteiger partial charge in [-0.25, -0.2) is 0 Å². The van der Waals surface area contributed by atoms with Gasteiger partial charge in [0.2, 0.25) is 0 Å².